The highest BCUT2D eigenvalue weighted by atomic mass is 16.5. The maximum atomic E-state index is 12.7. The Hall–Kier alpha value is -2.38. The summed E-state index contributed by atoms with van der Waals surface area (Å²) >= 11 is 0. The molecule has 3 fully saturated rings. The van der Waals surface area contributed by atoms with Gasteiger partial charge in [-0.15, -0.1) is 0 Å². The molecule has 0 bridgehead atoms. The van der Waals surface area contributed by atoms with Crippen LogP contribution >= 0.6 is 0 Å². The maximum absolute atomic E-state index is 12.7. The number of amides is 1. The topological polar surface area (TPSA) is 53.8 Å². The van der Waals surface area contributed by atoms with Gasteiger partial charge in [0.25, 0.3) is 0 Å². The zero-order valence-electron chi connectivity index (χ0n) is 18.0. The van der Waals surface area contributed by atoms with Crippen molar-refractivity contribution in [2.45, 2.75) is 20.4 Å². The summed E-state index contributed by atoms with van der Waals surface area (Å²) in [6.07, 6.45) is 3.55. The number of hydrogen-bond acceptors (Lipinski definition) is 5. The van der Waals surface area contributed by atoms with E-state index in [-0.39, 0.29) is 6.03 Å². The van der Waals surface area contributed by atoms with E-state index in [1.54, 1.807) is 6.20 Å². The van der Waals surface area contributed by atoms with Gasteiger partial charge in [-0.3, -0.25) is 4.90 Å². The fourth-order valence-corrected chi connectivity index (χ4v) is 5.15. The molecular formula is C23H31N5O2. The van der Waals surface area contributed by atoms with Gasteiger partial charge in [0.1, 0.15) is 0 Å². The SMILES string of the molecule is Cc1cnn(C(=O)N2CC3CN(Cc4ccc(N5CCOCC5)cc4C)CC3C2)c1. The van der Waals surface area contributed by atoms with Crippen LogP contribution in [-0.2, 0) is 11.3 Å². The van der Waals surface area contributed by atoms with E-state index in [9.17, 15) is 4.79 Å². The molecular weight excluding hydrogens is 378 g/mol. The number of carbonyl (C=O) groups is 1. The number of hydrogen-bond donors (Lipinski definition) is 0. The molecule has 2 atom stereocenters. The summed E-state index contributed by atoms with van der Waals surface area (Å²) in [5.41, 5.74) is 5.10. The van der Waals surface area contributed by atoms with E-state index >= 15 is 0 Å². The van der Waals surface area contributed by atoms with Crippen LogP contribution in [-0.4, -0.2) is 78.1 Å². The van der Waals surface area contributed by atoms with Gasteiger partial charge in [-0.05, 0) is 54.5 Å². The van der Waals surface area contributed by atoms with E-state index in [1.807, 2.05) is 18.0 Å². The fourth-order valence-electron chi connectivity index (χ4n) is 5.15. The zero-order chi connectivity index (χ0) is 20.7. The van der Waals surface area contributed by atoms with Gasteiger partial charge >= 0.3 is 6.03 Å². The third-order valence-corrected chi connectivity index (χ3v) is 6.84. The van der Waals surface area contributed by atoms with Gasteiger partial charge < -0.3 is 14.5 Å². The van der Waals surface area contributed by atoms with E-state index in [2.05, 4.69) is 40.0 Å². The molecule has 4 heterocycles. The highest BCUT2D eigenvalue weighted by Gasteiger charge is 2.42. The number of morpholine rings is 1. The molecule has 7 nitrogen and oxygen atoms in total. The first kappa shape index (κ1) is 19.6. The molecule has 5 rings (SSSR count). The van der Waals surface area contributed by atoms with Gasteiger partial charge in [-0.2, -0.15) is 9.78 Å². The van der Waals surface area contributed by atoms with Crippen molar-refractivity contribution in [3.8, 4) is 0 Å². The van der Waals surface area contributed by atoms with Gasteiger partial charge in [0.15, 0.2) is 0 Å². The summed E-state index contributed by atoms with van der Waals surface area (Å²) in [5.74, 6) is 1.14. The van der Waals surface area contributed by atoms with E-state index in [1.165, 1.54) is 21.5 Å². The number of ether oxygens (including phenoxy) is 1. The number of aryl methyl sites for hydroxylation is 2. The number of likely N-dealkylation sites (tertiary alicyclic amines) is 2. The molecule has 2 aromatic rings. The number of fused-ring (bicyclic) bond motifs is 1. The average molecular weight is 410 g/mol. The molecule has 3 aliphatic rings. The average Bonchev–Trinajstić information content (AvgIpc) is 3.44. The lowest BCUT2D eigenvalue weighted by molar-refractivity contribution is 0.122. The molecule has 3 aliphatic heterocycles. The highest BCUT2D eigenvalue weighted by molar-refractivity contribution is 5.76. The summed E-state index contributed by atoms with van der Waals surface area (Å²) in [6.45, 7) is 12.6. The fraction of sp³-hybridized carbons (Fsp3) is 0.565. The summed E-state index contributed by atoms with van der Waals surface area (Å²) < 4.78 is 6.95. The van der Waals surface area contributed by atoms with Crippen LogP contribution in [0.25, 0.3) is 0 Å². The Bertz CT molecular complexity index is 906. The van der Waals surface area contributed by atoms with Crippen LogP contribution in [0.3, 0.4) is 0 Å². The van der Waals surface area contributed by atoms with Gasteiger partial charge in [0.2, 0.25) is 0 Å². The number of anilines is 1. The Morgan fingerprint density at radius 1 is 1.10 bits per heavy atom. The minimum Gasteiger partial charge on any atom is -0.378 e. The molecule has 1 amide bonds. The highest BCUT2D eigenvalue weighted by Crippen LogP contribution is 2.33. The van der Waals surface area contributed by atoms with Crippen molar-refractivity contribution in [3.63, 3.8) is 0 Å². The minimum absolute atomic E-state index is 0.0126. The van der Waals surface area contributed by atoms with E-state index in [0.717, 1.165) is 64.6 Å². The molecule has 0 saturated carbocycles. The first-order valence-corrected chi connectivity index (χ1v) is 11.0. The van der Waals surface area contributed by atoms with Gasteiger partial charge in [0, 0.05) is 57.7 Å². The number of benzene rings is 1. The molecule has 2 unspecified atom stereocenters. The summed E-state index contributed by atoms with van der Waals surface area (Å²) in [7, 11) is 0. The summed E-state index contributed by atoms with van der Waals surface area (Å²) in [6, 6.07) is 6.89. The molecule has 3 saturated heterocycles. The molecule has 7 heteroatoms. The Morgan fingerprint density at radius 2 is 1.83 bits per heavy atom. The van der Waals surface area contributed by atoms with Crippen LogP contribution in [0.5, 0.6) is 0 Å². The minimum atomic E-state index is 0.0126. The van der Waals surface area contributed by atoms with Crippen LogP contribution in [0.15, 0.2) is 30.6 Å². The number of rotatable bonds is 3. The van der Waals surface area contributed by atoms with Crippen molar-refractivity contribution in [1.82, 2.24) is 19.6 Å². The second-order valence-corrected chi connectivity index (χ2v) is 9.07. The normalized spacial score (nSPS) is 24.5. The van der Waals surface area contributed by atoms with Crippen molar-refractivity contribution in [2.75, 3.05) is 57.4 Å². The Balaban J connectivity index is 1.17. The largest absolute Gasteiger partial charge is 0.378 e. The Morgan fingerprint density at radius 3 is 2.47 bits per heavy atom. The molecule has 1 aromatic heterocycles. The first-order valence-electron chi connectivity index (χ1n) is 11.0. The number of carbonyl (C=O) groups excluding carboxylic acids is 1. The molecule has 0 N–H and O–H groups in total. The second kappa shape index (κ2) is 8.04. The predicted molar refractivity (Wildman–Crippen MR) is 116 cm³/mol. The molecule has 0 aliphatic carbocycles. The van der Waals surface area contributed by atoms with Crippen LogP contribution in [0, 0.1) is 25.7 Å². The monoisotopic (exact) mass is 409 g/mol. The predicted octanol–water partition coefficient (Wildman–Crippen LogP) is 2.37. The lowest BCUT2D eigenvalue weighted by atomic mass is 10.0. The third kappa shape index (κ3) is 3.84. The quantitative estimate of drug-likeness (QED) is 0.779. The van der Waals surface area contributed by atoms with Crippen LogP contribution in [0.1, 0.15) is 16.7 Å². The van der Waals surface area contributed by atoms with Gasteiger partial charge in [0.05, 0.1) is 19.4 Å². The van der Waals surface area contributed by atoms with Crippen LogP contribution in [0.2, 0.25) is 0 Å². The molecule has 0 radical (unpaired) electrons. The molecule has 160 valence electrons. The van der Waals surface area contributed by atoms with Crippen molar-refractivity contribution >= 4 is 11.7 Å². The van der Waals surface area contributed by atoms with Crippen molar-refractivity contribution < 1.29 is 9.53 Å². The lowest BCUT2D eigenvalue weighted by Gasteiger charge is -2.29. The summed E-state index contributed by atoms with van der Waals surface area (Å²) in [4.78, 5) is 19.6. The van der Waals surface area contributed by atoms with E-state index < -0.39 is 0 Å². The van der Waals surface area contributed by atoms with Gasteiger partial charge in [-0.1, -0.05) is 6.07 Å². The van der Waals surface area contributed by atoms with Crippen LogP contribution < -0.4 is 4.90 Å². The second-order valence-electron chi connectivity index (χ2n) is 9.07. The van der Waals surface area contributed by atoms with Crippen molar-refractivity contribution in [2.24, 2.45) is 11.8 Å². The summed E-state index contributed by atoms with van der Waals surface area (Å²) in [5, 5.41) is 4.18. The van der Waals surface area contributed by atoms with E-state index in [0.29, 0.717) is 11.8 Å². The maximum Gasteiger partial charge on any atom is 0.344 e. The zero-order valence-corrected chi connectivity index (χ0v) is 18.0. The first-order chi connectivity index (χ1) is 14.6. The van der Waals surface area contributed by atoms with Gasteiger partial charge in [-0.25, -0.2) is 4.79 Å². The number of nitrogens with zero attached hydrogens (tertiary/aromatic N) is 5. The standard InChI is InChI=1S/C23H31N5O2/c1-17-10-24-28(11-17)23(29)27-15-20-13-25(14-21(20)16-27)12-19-3-4-22(9-18(19)2)26-5-7-30-8-6-26/h3-4,9-11,20-21H,5-8,12-16H2,1-2H3. The Kier molecular flexibility index (Phi) is 5.25. The molecule has 1 aromatic carbocycles. The number of aromatic nitrogens is 2. The van der Waals surface area contributed by atoms with Crippen LogP contribution in [0.4, 0.5) is 10.5 Å². The smallest absolute Gasteiger partial charge is 0.344 e. The lowest BCUT2D eigenvalue weighted by Crippen LogP contribution is -2.36. The third-order valence-electron chi connectivity index (χ3n) is 6.84. The molecule has 0 spiro atoms. The van der Waals surface area contributed by atoms with E-state index in [4.69, 9.17) is 4.74 Å². The van der Waals surface area contributed by atoms with Crippen molar-refractivity contribution in [1.29, 1.82) is 0 Å². The Labute approximate surface area is 178 Å². The van der Waals surface area contributed by atoms with Crippen molar-refractivity contribution in [3.05, 3.63) is 47.3 Å². The molecule has 30 heavy (non-hydrogen) atoms.